The summed E-state index contributed by atoms with van der Waals surface area (Å²) in [4.78, 5) is 15.9. The highest BCUT2D eigenvalue weighted by molar-refractivity contribution is 6.88. The molecule has 8 aliphatic rings. The lowest BCUT2D eigenvalue weighted by molar-refractivity contribution is -0.00518. The van der Waals surface area contributed by atoms with E-state index in [0.717, 1.165) is 75.2 Å². The monoisotopic (exact) mass is 863 g/mol. The smallest absolute Gasteiger partial charge is 0.164 e. The number of rotatable bonds is 9. The third kappa shape index (κ3) is 7.00. The number of benzene rings is 6. The molecule has 3 nitrogen and oxygen atoms in total. The van der Waals surface area contributed by atoms with Gasteiger partial charge in [-0.3, -0.25) is 0 Å². The molecule has 2 atom stereocenters. The molecule has 324 valence electrons. The predicted molar refractivity (Wildman–Crippen MR) is 271 cm³/mol. The van der Waals surface area contributed by atoms with Crippen molar-refractivity contribution in [1.82, 2.24) is 15.0 Å². The topological polar surface area (TPSA) is 38.7 Å². The maximum absolute atomic E-state index is 5.29. The predicted octanol–water partition coefficient (Wildman–Crippen LogP) is 15.0. The fourth-order valence-corrected chi connectivity index (χ4v) is 16.3. The molecule has 0 radical (unpaired) electrons. The van der Waals surface area contributed by atoms with Gasteiger partial charge in [-0.25, -0.2) is 15.0 Å². The molecule has 7 aromatic rings. The van der Waals surface area contributed by atoms with Crippen LogP contribution in [0.2, 0.25) is 19.6 Å². The summed E-state index contributed by atoms with van der Waals surface area (Å²) >= 11 is 0. The lowest BCUT2D eigenvalue weighted by atomic mass is 9.48. The summed E-state index contributed by atoms with van der Waals surface area (Å²) in [6, 6.07) is 54.9. The molecule has 0 aliphatic heterocycles. The van der Waals surface area contributed by atoms with Gasteiger partial charge in [-0.05, 0) is 180 Å². The minimum Gasteiger partial charge on any atom is -0.208 e. The van der Waals surface area contributed by atoms with Gasteiger partial charge in [0, 0.05) is 16.7 Å². The van der Waals surface area contributed by atoms with Gasteiger partial charge in [0.2, 0.25) is 0 Å². The van der Waals surface area contributed by atoms with Crippen molar-refractivity contribution < 1.29 is 0 Å². The van der Waals surface area contributed by atoms with Crippen molar-refractivity contribution in [3.63, 3.8) is 0 Å². The zero-order valence-electron chi connectivity index (χ0n) is 38.4. The van der Waals surface area contributed by atoms with Gasteiger partial charge >= 0.3 is 0 Å². The van der Waals surface area contributed by atoms with E-state index in [2.05, 4.69) is 165 Å². The molecule has 6 aromatic carbocycles. The first-order valence-electron chi connectivity index (χ1n) is 25.0. The fourth-order valence-electron chi connectivity index (χ4n) is 15.2. The van der Waals surface area contributed by atoms with Gasteiger partial charge in [-0.1, -0.05) is 152 Å². The standard InChI is InChI=1S/C61H61N3Si/c1-65(2,3)56-23-17-44(18-24-56)47-7-4-8-48(31-47)49-9-5-10-50(32-49)51-11-6-12-52(33-51)59-63-57(45-13-19-53(20-14-45)60-34-39-25-40(35-60)27-41(26-39)36-60)62-58(64-59)46-15-21-54(22-16-46)61-37-42-28-43(38-61)30-55(61)29-42/h4-24,31-33,39-43,55H,25-30,34-38H2,1-3H3. The van der Waals surface area contributed by atoms with Crippen LogP contribution in [0.25, 0.3) is 67.5 Å². The quantitative estimate of drug-likeness (QED) is 0.136. The summed E-state index contributed by atoms with van der Waals surface area (Å²) in [5, 5.41) is 1.49. The Bertz CT molecular complexity index is 2890. The van der Waals surface area contributed by atoms with Gasteiger partial charge in [0.1, 0.15) is 0 Å². The summed E-state index contributed by atoms with van der Waals surface area (Å²) in [6.07, 6.45) is 15.6. The van der Waals surface area contributed by atoms with Crippen LogP contribution >= 0.6 is 0 Å². The largest absolute Gasteiger partial charge is 0.208 e. The third-order valence-corrected chi connectivity index (χ3v) is 19.8. The maximum Gasteiger partial charge on any atom is 0.164 e. The minimum absolute atomic E-state index is 0.363. The second-order valence-electron chi connectivity index (χ2n) is 22.9. The Labute approximate surface area is 387 Å². The van der Waals surface area contributed by atoms with E-state index >= 15 is 0 Å². The number of nitrogens with zero attached hydrogens (tertiary/aromatic N) is 3. The lowest BCUT2D eigenvalue weighted by Gasteiger charge is -2.57. The molecule has 8 aliphatic carbocycles. The fraction of sp³-hybridized carbons (Fsp3) is 0.361. The Hall–Kier alpha value is -5.45. The van der Waals surface area contributed by atoms with Gasteiger partial charge in [-0.2, -0.15) is 0 Å². The van der Waals surface area contributed by atoms with Crippen LogP contribution in [-0.4, -0.2) is 23.0 Å². The molecule has 0 saturated heterocycles. The van der Waals surface area contributed by atoms with Crippen LogP contribution in [0.1, 0.15) is 81.8 Å². The molecule has 65 heavy (non-hydrogen) atoms. The summed E-state index contributed by atoms with van der Waals surface area (Å²) in [5.74, 6) is 7.72. The molecule has 0 spiro atoms. The van der Waals surface area contributed by atoms with E-state index in [9.17, 15) is 0 Å². The second-order valence-corrected chi connectivity index (χ2v) is 28.0. The SMILES string of the molecule is C[Si](C)(C)c1ccc(-c2cccc(-c3cccc(-c4cccc(-c5nc(-c6ccc(C78CC9CC(CC(C9)C7)C8)cc6)nc(-c6ccc(C78CC9CC(CC7C9)C8)cc6)n5)c4)c3)c2)cc1. The first-order valence-corrected chi connectivity index (χ1v) is 28.5. The van der Waals surface area contributed by atoms with E-state index in [1.807, 2.05) is 0 Å². The Morgan fingerprint density at radius 1 is 0.369 bits per heavy atom. The van der Waals surface area contributed by atoms with Crippen LogP contribution in [0.15, 0.2) is 146 Å². The Kier molecular flexibility index (Phi) is 9.23. The summed E-state index contributed by atoms with van der Waals surface area (Å²) in [6.45, 7) is 7.22. The van der Waals surface area contributed by atoms with E-state index in [-0.39, 0.29) is 0 Å². The van der Waals surface area contributed by atoms with E-state index in [4.69, 9.17) is 15.0 Å². The summed E-state index contributed by atoms with van der Waals surface area (Å²) in [5.41, 5.74) is 14.2. The third-order valence-electron chi connectivity index (χ3n) is 17.7. The van der Waals surface area contributed by atoms with E-state index in [0.29, 0.717) is 10.8 Å². The van der Waals surface area contributed by atoms with Crippen molar-refractivity contribution in [3.05, 3.63) is 157 Å². The van der Waals surface area contributed by atoms with Gasteiger partial charge in [0.05, 0.1) is 8.07 Å². The van der Waals surface area contributed by atoms with Crippen molar-refractivity contribution >= 4 is 13.3 Å². The second kappa shape index (κ2) is 15.0. The average molecular weight is 864 g/mol. The van der Waals surface area contributed by atoms with E-state index in [1.54, 1.807) is 5.56 Å². The van der Waals surface area contributed by atoms with Crippen molar-refractivity contribution in [2.24, 2.45) is 35.5 Å². The van der Waals surface area contributed by atoms with Crippen LogP contribution in [-0.2, 0) is 10.8 Å². The van der Waals surface area contributed by atoms with Crippen LogP contribution in [0.3, 0.4) is 0 Å². The van der Waals surface area contributed by atoms with Crippen molar-refractivity contribution in [3.8, 4) is 67.5 Å². The molecule has 8 fully saturated rings. The molecule has 0 amide bonds. The van der Waals surface area contributed by atoms with Crippen LogP contribution in [0.4, 0.5) is 0 Å². The molecular formula is C61H61N3Si. The van der Waals surface area contributed by atoms with Gasteiger partial charge in [0.25, 0.3) is 0 Å². The lowest BCUT2D eigenvalue weighted by Crippen LogP contribution is -2.48. The van der Waals surface area contributed by atoms with Crippen LogP contribution in [0.5, 0.6) is 0 Å². The molecule has 4 heteroatoms. The Morgan fingerprint density at radius 2 is 0.738 bits per heavy atom. The minimum atomic E-state index is -1.36. The number of aromatic nitrogens is 3. The number of hydrogen-bond donors (Lipinski definition) is 0. The normalized spacial score (nSPS) is 28.3. The molecule has 2 unspecified atom stereocenters. The van der Waals surface area contributed by atoms with Gasteiger partial charge in [0.15, 0.2) is 17.5 Å². The molecule has 8 saturated carbocycles. The summed E-state index contributed by atoms with van der Waals surface area (Å²) < 4.78 is 0. The molecule has 8 bridgehead atoms. The van der Waals surface area contributed by atoms with Crippen LogP contribution < -0.4 is 5.19 Å². The zero-order valence-corrected chi connectivity index (χ0v) is 39.4. The van der Waals surface area contributed by atoms with Crippen molar-refractivity contribution in [1.29, 1.82) is 0 Å². The molecule has 15 rings (SSSR count). The highest BCUT2D eigenvalue weighted by Gasteiger charge is 2.58. The molecule has 0 N–H and O–H groups in total. The van der Waals surface area contributed by atoms with Gasteiger partial charge in [-0.15, -0.1) is 0 Å². The van der Waals surface area contributed by atoms with E-state index < -0.39 is 8.07 Å². The Balaban J connectivity index is 0.842. The van der Waals surface area contributed by atoms with Crippen molar-refractivity contribution in [2.75, 3.05) is 0 Å². The van der Waals surface area contributed by atoms with Crippen LogP contribution in [0, 0.1) is 35.5 Å². The van der Waals surface area contributed by atoms with E-state index in [1.165, 1.54) is 109 Å². The molecule has 1 heterocycles. The number of hydrogen-bond acceptors (Lipinski definition) is 3. The first kappa shape index (κ1) is 39.9. The molecular weight excluding hydrogens is 803 g/mol. The first-order chi connectivity index (χ1) is 31.6. The summed E-state index contributed by atoms with van der Waals surface area (Å²) in [7, 11) is -1.36. The Morgan fingerprint density at radius 3 is 1.20 bits per heavy atom. The highest BCUT2D eigenvalue weighted by Crippen LogP contribution is 2.66. The van der Waals surface area contributed by atoms with Crippen molar-refractivity contribution in [2.45, 2.75) is 101 Å². The highest BCUT2D eigenvalue weighted by atomic mass is 28.3. The maximum atomic E-state index is 5.29. The average Bonchev–Trinajstić information content (AvgIpc) is 3.74. The van der Waals surface area contributed by atoms with Gasteiger partial charge < -0.3 is 0 Å². The molecule has 1 aromatic heterocycles. The zero-order chi connectivity index (χ0) is 43.5.